The van der Waals surface area contributed by atoms with E-state index in [0.717, 1.165) is 5.57 Å². The van der Waals surface area contributed by atoms with Crippen LogP contribution in [-0.2, 0) is 9.53 Å². The first-order valence-electron chi connectivity index (χ1n) is 6.84. The van der Waals surface area contributed by atoms with Gasteiger partial charge in [0.2, 0.25) is 0 Å². The van der Waals surface area contributed by atoms with E-state index in [-0.39, 0.29) is 35.2 Å². The van der Waals surface area contributed by atoms with E-state index < -0.39 is 12.2 Å². The van der Waals surface area contributed by atoms with Gasteiger partial charge < -0.3 is 14.9 Å². The number of ether oxygens (including phenoxy) is 1. The summed E-state index contributed by atoms with van der Waals surface area (Å²) < 4.78 is 5.41. The average molecular weight is 264 g/mol. The van der Waals surface area contributed by atoms with Crippen molar-refractivity contribution in [3.05, 3.63) is 23.8 Å². The first kappa shape index (κ1) is 12.9. The Kier molecular flexibility index (Phi) is 2.67. The lowest BCUT2D eigenvalue weighted by Gasteiger charge is -2.51. The van der Waals surface area contributed by atoms with Gasteiger partial charge in [0.15, 0.2) is 0 Å². The molecule has 2 N–H and O–H groups in total. The molecule has 1 saturated heterocycles. The smallest absolute Gasteiger partial charge is 0.309 e. The van der Waals surface area contributed by atoms with E-state index in [9.17, 15) is 15.0 Å². The van der Waals surface area contributed by atoms with Crippen molar-refractivity contribution in [1.82, 2.24) is 0 Å². The fraction of sp³-hybridized carbons (Fsp3) is 0.667. The molecule has 1 heterocycles. The molecule has 0 aromatic heterocycles. The van der Waals surface area contributed by atoms with Gasteiger partial charge in [-0.25, -0.2) is 0 Å². The summed E-state index contributed by atoms with van der Waals surface area (Å²) in [6.07, 6.45) is 3.69. The summed E-state index contributed by atoms with van der Waals surface area (Å²) in [6, 6.07) is 0. The molecule has 0 unspecified atom stereocenters. The molecule has 0 radical (unpaired) electrons. The van der Waals surface area contributed by atoms with Crippen LogP contribution in [0.15, 0.2) is 23.8 Å². The average Bonchev–Trinajstić information content (AvgIpc) is 2.66. The molecular formula is C15H20O4. The van der Waals surface area contributed by atoms with Crippen LogP contribution in [0, 0.1) is 23.2 Å². The third-order valence-electron chi connectivity index (χ3n) is 5.45. The Hall–Kier alpha value is -1.13. The Morgan fingerprint density at radius 1 is 1.32 bits per heavy atom. The Bertz CT molecular complexity index is 481. The third kappa shape index (κ3) is 1.50. The van der Waals surface area contributed by atoms with Crippen molar-refractivity contribution < 1.29 is 19.7 Å². The van der Waals surface area contributed by atoms with E-state index in [4.69, 9.17) is 4.74 Å². The van der Waals surface area contributed by atoms with Gasteiger partial charge in [0.1, 0.15) is 6.10 Å². The van der Waals surface area contributed by atoms with Crippen LogP contribution in [0.4, 0.5) is 0 Å². The zero-order chi connectivity index (χ0) is 13.9. The second-order valence-electron chi connectivity index (χ2n) is 6.25. The predicted octanol–water partition coefficient (Wildman–Crippen LogP) is 1.04. The molecule has 2 aliphatic carbocycles. The van der Waals surface area contributed by atoms with E-state index >= 15 is 0 Å². The number of rotatable bonds is 0. The molecule has 4 heteroatoms. The molecule has 0 amide bonds. The van der Waals surface area contributed by atoms with Gasteiger partial charge in [-0.1, -0.05) is 26.8 Å². The molecule has 0 aromatic rings. The summed E-state index contributed by atoms with van der Waals surface area (Å²) in [5.41, 5.74) is 0.660. The third-order valence-corrected chi connectivity index (χ3v) is 5.45. The Morgan fingerprint density at radius 3 is 2.68 bits per heavy atom. The lowest BCUT2D eigenvalue weighted by Crippen LogP contribution is -2.53. The number of carbonyl (C=O) groups excluding carboxylic acids is 1. The fourth-order valence-corrected chi connectivity index (χ4v) is 4.07. The molecule has 0 bridgehead atoms. The highest BCUT2D eigenvalue weighted by molar-refractivity contribution is 5.76. The highest BCUT2D eigenvalue weighted by Crippen LogP contribution is 2.56. The van der Waals surface area contributed by atoms with E-state index in [1.54, 1.807) is 6.08 Å². The standard InChI is InChI=1S/C15H20O4/c1-7-12-11(19-14(7)18)5-4-9-6-10(16)13(17)8(2)15(9,12)3/h4-8,10-13,16-17H,1-3H3/t7-,8+,10-,11+,12+,13-,15-/m0/s1. The maximum atomic E-state index is 11.8. The van der Waals surface area contributed by atoms with Crippen molar-refractivity contribution in [3.63, 3.8) is 0 Å². The minimum Gasteiger partial charge on any atom is -0.458 e. The molecule has 0 spiro atoms. The zero-order valence-corrected chi connectivity index (χ0v) is 11.4. The summed E-state index contributed by atoms with van der Waals surface area (Å²) in [4.78, 5) is 11.8. The molecule has 19 heavy (non-hydrogen) atoms. The van der Waals surface area contributed by atoms with Crippen LogP contribution >= 0.6 is 0 Å². The van der Waals surface area contributed by atoms with Crippen LogP contribution in [0.3, 0.4) is 0 Å². The molecule has 1 aliphatic heterocycles. The fourth-order valence-electron chi connectivity index (χ4n) is 4.07. The van der Waals surface area contributed by atoms with Crippen molar-refractivity contribution in [3.8, 4) is 0 Å². The van der Waals surface area contributed by atoms with Gasteiger partial charge >= 0.3 is 5.97 Å². The molecule has 1 fully saturated rings. The van der Waals surface area contributed by atoms with Crippen LogP contribution in [0.1, 0.15) is 20.8 Å². The number of hydrogen-bond acceptors (Lipinski definition) is 4. The van der Waals surface area contributed by atoms with E-state index in [2.05, 4.69) is 6.92 Å². The van der Waals surface area contributed by atoms with Crippen LogP contribution in [0.5, 0.6) is 0 Å². The summed E-state index contributed by atoms with van der Waals surface area (Å²) in [7, 11) is 0. The molecule has 3 rings (SSSR count). The molecule has 3 aliphatic rings. The van der Waals surface area contributed by atoms with Crippen molar-refractivity contribution in [2.45, 2.75) is 39.1 Å². The number of allylic oxidation sites excluding steroid dienone is 2. The van der Waals surface area contributed by atoms with Crippen molar-refractivity contribution in [1.29, 1.82) is 0 Å². The van der Waals surface area contributed by atoms with Crippen LogP contribution < -0.4 is 0 Å². The van der Waals surface area contributed by atoms with Gasteiger partial charge in [-0.3, -0.25) is 4.79 Å². The second-order valence-corrected chi connectivity index (χ2v) is 6.25. The number of aliphatic hydroxyl groups is 2. The number of hydrogen-bond donors (Lipinski definition) is 2. The quantitative estimate of drug-likeness (QED) is 0.642. The first-order valence-corrected chi connectivity index (χ1v) is 6.84. The minimum absolute atomic E-state index is 0.0217. The van der Waals surface area contributed by atoms with Crippen LogP contribution in [0.25, 0.3) is 0 Å². The molecule has 104 valence electrons. The van der Waals surface area contributed by atoms with E-state index in [1.807, 2.05) is 26.0 Å². The lowest BCUT2D eigenvalue weighted by molar-refractivity contribution is -0.142. The SMILES string of the molecule is C[C@@H]1C(=O)O[C@@H]2C=CC3=C[C@H](O)[C@@H](O)[C@@H](C)[C@]3(C)[C@H]12. The topological polar surface area (TPSA) is 66.8 Å². The number of carbonyl (C=O) groups is 1. The molecule has 4 nitrogen and oxygen atoms in total. The van der Waals surface area contributed by atoms with Gasteiger partial charge in [-0.2, -0.15) is 0 Å². The molecule has 0 saturated carbocycles. The Labute approximate surface area is 112 Å². The van der Waals surface area contributed by atoms with Gasteiger partial charge in [0, 0.05) is 11.3 Å². The van der Waals surface area contributed by atoms with Gasteiger partial charge in [0.25, 0.3) is 0 Å². The Morgan fingerprint density at radius 2 is 2.00 bits per heavy atom. The number of esters is 1. The largest absolute Gasteiger partial charge is 0.458 e. The van der Waals surface area contributed by atoms with Crippen molar-refractivity contribution in [2.24, 2.45) is 23.2 Å². The van der Waals surface area contributed by atoms with E-state index in [0.29, 0.717) is 0 Å². The summed E-state index contributed by atoms with van der Waals surface area (Å²) in [5, 5.41) is 20.1. The Balaban J connectivity index is 2.13. The first-order chi connectivity index (χ1) is 8.87. The van der Waals surface area contributed by atoms with Gasteiger partial charge in [-0.05, 0) is 23.6 Å². The highest BCUT2D eigenvalue weighted by atomic mass is 16.6. The highest BCUT2D eigenvalue weighted by Gasteiger charge is 2.58. The van der Waals surface area contributed by atoms with Crippen molar-refractivity contribution in [2.75, 3.05) is 0 Å². The summed E-state index contributed by atoms with van der Waals surface area (Å²) in [5.74, 6) is -0.464. The minimum atomic E-state index is -0.840. The van der Waals surface area contributed by atoms with Gasteiger partial charge in [-0.15, -0.1) is 0 Å². The summed E-state index contributed by atoms with van der Waals surface area (Å²) >= 11 is 0. The lowest BCUT2D eigenvalue weighted by atomic mass is 9.54. The zero-order valence-electron chi connectivity index (χ0n) is 11.4. The molecule has 7 atom stereocenters. The second kappa shape index (κ2) is 3.93. The summed E-state index contributed by atoms with van der Waals surface area (Å²) in [6.45, 7) is 5.89. The van der Waals surface area contributed by atoms with Crippen LogP contribution in [0.2, 0.25) is 0 Å². The van der Waals surface area contributed by atoms with E-state index in [1.165, 1.54) is 0 Å². The maximum absolute atomic E-state index is 11.8. The molecular weight excluding hydrogens is 244 g/mol. The van der Waals surface area contributed by atoms with Crippen LogP contribution in [-0.4, -0.2) is 34.5 Å². The monoisotopic (exact) mass is 264 g/mol. The van der Waals surface area contributed by atoms with Crippen molar-refractivity contribution >= 4 is 5.97 Å². The maximum Gasteiger partial charge on any atom is 0.309 e. The number of aliphatic hydroxyl groups excluding tert-OH is 2. The predicted molar refractivity (Wildman–Crippen MR) is 69.0 cm³/mol. The normalized spacial score (nSPS) is 52.3. The number of fused-ring (bicyclic) bond motifs is 3. The molecule has 0 aromatic carbocycles. The van der Waals surface area contributed by atoms with Gasteiger partial charge in [0.05, 0.1) is 18.1 Å².